The molecule has 104 valence electrons. The number of anilines is 1. The Morgan fingerprint density at radius 2 is 1.95 bits per heavy atom. The lowest BCUT2D eigenvalue weighted by Crippen LogP contribution is -2.16. The smallest absolute Gasteiger partial charge is 0.344 e. The van der Waals surface area contributed by atoms with E-state index in [2.05, 4.69) is 10.3 Å². The summed E-state index contributed by atoms with van der Waals surface area (Å²) in [5.41, 5.74) is -0.746. The van der Waals surface area contributed by atoms with Gasteiger partial charge in [-0.25, -0.2) is 0 Å². The van der Waals surface area contributed by atoms with Gasteiger partial charge in [0, 0.05) is 18.0 Å². The molecule has 0 saturated heterocycles. The zero-order chi connectivity index (χ0) is 13.9. The lowest BCUT2D eigenvalue weighted by molar-refractivity contribution is -0.136. The fourth-order valence-electron chi connectivity index (χ4n) is 1.99. The highest BCUT2D eigenvalue weighted by atomic mass is 35.5. The molecule has 1 aromatic rings. The Balaban J connectivity index is 2.26. The summed E-state index contributed by atoms with van der Waals surface area (Å²) >= 11 is 5.63. The van der Waals surface area contributed by atoms with Crippen molar-refractivity contribution in [2.24, 2.45) is 4.99 Å². The molecule has 0 saturated carbocycles. The van der Waals surface area contributed by atoms with Crippen molar-refractivity contribution in [3.8, 4) is 0 Å². The van der Waals surface area contributed by atoms with Crippen LogP contribution in [0.4, 0.5) is 18.9 Å². The van der Waals surface area contributed by atoms with Gasteiger partial charge in [-0.05, 0) is 31.0 Å². The summed E-state index contributed by atoms with van der Waals surface area (Å²) in [4.78, 5) is 4.27. The monoisotopic (exact) mass is 290 g/mol. The van der Waals surface area contributed by atoms with Crippen molar-refractivity contribution in [3.05, 3.63) is 28.8 Å². The fraction of sp³-hybridized carbons (Fsp3) is 0.462. The second-order valence-corrected chi connectivity index (χ2v) is 4.89. The third kappa shape index (κ3) is 3.86. The number of nitrogens with zero attached hydrogens (tertiary/aromatic N) is 1. The Morgan fingerprint density at radius 3 is 2.68 bits per heavy atom. The molecular formula is C13H14ClF3N2. The lowest BCUT2D eigenvalue weighted by Gasteiger charge is -2.15. The molecule has 0 aliphatic carbocycles. The summed E-state index contributed by atoms with van der Waals surface area (Å²) in [6, 6.07) is 3.72. The zero-order valence-corrected chi connectivity index (χ0v) is 11.0. The van der Waals surface area contributed by atoms with Crippen LogP contribution in [-0.2, 0) is 6.18 Å². The highest BCUT2D eigenvalue weighted by Gasteiger charge is 2.34. The number of hydrogen-bond donors (Lipinski definition) is 1. The molecule has 2 rings (SSSR count). The molecule has 6 heteroatoms. The normalized spacial score (nSPS) is 16.7. The standard InChI is InChI=1S/C13H14ClF3N2/c14-9-5-6-11(10(8-9)13(15,16)17)19-12-4-2-1-3-7-18-12/h5-6,8H,1-4,7H2,(H,18,19). The summed E-state index contributed by atoms with van der Waals surface area (Å²) in [5.74, 6) is 0.616. The van der Waals surface area contributed by atoms with Crippen LogP contribution in [0.15, 0.2) is 23.2 Å². The van der Waals surface area contributed by atoms with Crippen molar-refractivity contribution in [1.82, 2.24) is 0 Å². The van der Waals surface area contributed by atoms with Gasteiger partial charge in [0.1, 0.15) is 5.84 Å². The molecular weight excluding hydrogens is 277 g/mol. The van der Waals surface area contributed by atoms with Gasteiger partial charge in [-0.2, -0.15) is 13.2 Å². The first-order valence-corrected chi connectivity index (χ1v) is 6.52. The van der Waals surface area contributed by atoms with Crippen LogP contribution in [0.5, 0.6) is 0 Å². The van der Waals surface area contributed by atoms with Crippen LogP contribution in [0.2, 0.25) is 5.02 Å². The van der Waals surface area contributed by atoms with E-state index in [0.29, 0.717) is 18.8 Å². The average molecular weight is 291 g/mol. The Hall–Kier alpha value is -1.23. The number of benzene rings is 1. The van der Waals surface area contributed by atoms with Gasteiger partial charge in [-0.15, -0.1) is 0 Å². The molecule has 2 nitrogen and oxygen atoms in total. The first kappa shape index (κ1) is 14.2. The summed E-state index contributed by atoms with van der Waals surface area (Å²) in [6.07, 6.45) is -0.765. The van der Waals surface area contributed by atoms with Gasteiger partial charge in [0.15, 0.2) is 0 Å². The van der Waals surface area contributed by atoms with E-state index < -0.39 is 11.7 Å². The van der Waals surface area contributed by atoms with E-state index in [1.807, 2.05) is 0 Å². The molecule has 0 spiro atoms. The molecule has 1 aromatic carbocycles. The van der Waals surface area contributed by atoms with E-state index in [1.54, 1.807) is 0 Å². The van der Waals surface area contributed by atoms with Crippen molar-refractivity contribution in [2.75, 3.05) is 11.9 Å². The molecule has 0 aromatic heterocycles. The maximum atomic E-state index is 12.9. The highest BCUT2D eigenvalue weighted by Crippen LogP contribution is 2.36. The van der Waals surface area contributed by atoms with Crippen LogP contribution in [0.1, 0.15) is 31.2 Å². The van der Waals surface area contributed by atoms with Crippen molar-refractivity contribution in [1.29, 1.82) is 0 Å². The van der Waals surface area contributed by atoms with Crippen LogP contribution in [0.25, 0.3) is 0 Å². The van der Waals surface area contributed by atoms with Crippen LogP contribution in [0, 0.1) is 0 Å². The maximum absolute atomic E-state index is 12.9. The SMILES string of the molecule is FC(F)(F)c1cc(Cl)ccc1NC1=NCCCCC1. The third-order valence-electron chi connectivity index (χ3n) is 2.94. The fourth-order valence-corrected chi connectivity index (χ4v) is 2.16. The van der Waals surface area contributed by atoms with E-state index in [4.69, 9.17) is 11.6 Å². The molecule has 1 aliphatic heterocycles. The first-order valence-electron chi connectivity index (χ1n) is 6.14. The number of nitrogens with one attached hydrogen (secondary N) is 1. The van der Waals surface area contributed by atoms with Gasteiger partial charge < -0.3 is 5.32 Å². The van der Waals surface area contributed by atoms with Crippen molar-refractivity contribution in [3.63, 3.8) is 0 Å². The Labute approximate surface area is 114 Å². The number of halogens is 4. The number of alkyl halides is 3. The van der Waals surface area contributed by atoms with E-state index in [0.717, 1.165) is 25.3 Å². The zero-order valence-electron chi connectivity index (χ0n) is 10.2. The summed E-state index contributed by atoms with van der Waals surface area (Å²) in [5, 5.41) is 2.86. The second-order valence-electron chi connectivity index (χ2n) is 4.45. The number of aliphatic imine (C=N–C) groups is 1. The minimum absolute atomic E-state index is 0.0116. The molecule has 0 radical (unpaired) electrons. The molecule has 0 fully saturated rings. The second kappa shape index (κ2) is 5.82. The molecule has 1 aliphatic rings. The van der Waals surface area contributed by atoms with Crippen LogP contribution in [-0.4, -0.2) is 12.4 Å². The van der Waals surface area contributed by atoms with E-state index >= 15 is 0 Å². The summed E-state index contributed by atoms with van der Waals surface area (Å²) in [6.45, 7) is 0.664. The Morgan fingerprint density at radius 1 is 1.16 bits per heavy atom. The summed E-state index contributed by atoms with van der Waals surface area (Å²) < 4.78 is 38.8. The number of amidine groups is 1. The van der Waals surface area contributed by atoms with Crippen LogP contribution in [0.3, 0.4) is 0 Å². The highest BCUT2D eigenvalue weighted by molar-refractivity contribution is 6.30. The largest absolute Gasteiger partial charge is 0.418 e. The van der Waals surface area contributed by atoms with E-state index in [9.17, 15) is 13.2 Å². The topological polar surface area (TPSA) is 24.4 Å². The van der Waals surface area contributed by atoms with Gasteiger partial charge in [0.2, 0.25) is 0 Å². The Kier molecular flexibility index (Phi) is 4.34. The van der Waals surface area contributed by atoms with Crippen molar-refractivity contribution in [2.45, 2.75) is 31.9 Å². The third-order valence-corrected chi connectivity index (χ3v) is 3.18. The van der Waals surface area contributed by atoms with Gasteiger partial charge in [0.05, 0.1) is 11.3 Å². The van der Waals surface area contributed by atoms with Gasteiger partial charge in [-0.1, -0.05) is 18.0 Å². The molecule has 0 unspecified atom stereocenters. The van der Waals surface area contributed by atoms with E-state index in [1.165, 1.54) is 12.1 Å². The molecule has 0 atom stereocenters. The molecule has 1 heterocycles. The van der Waals surface area contributed by atoms with Gasteiger partial charge in [-0.3, -0.25) is 4.99 Å². The summed E-state index contributed by atoms with van der Waals surface area (Å²) in [7, 11) is 0. The predicted molar refractivity (Wildman–Crippen MR) is 70.8 cm³/mol. The first-order chi connectivity index (χ1) is 8.97. The van der Waals surface area contributed by atoms with E-state index in [-0.39, 0.29) is 10.7 Å². The quantitative estimate of drug-likeness (QED) is 0.793. The van der Waals surface area contributed by atoms with Crippen LogP contribution >= 0.6 is 11.6 Å². The minimum Gasteiger partial charge on any atom is -0.344 e. The van der Waals surface area contributed by atoms with Crippen LogP contribution < -0.4 is 5.32 Å². The average Bonchev–Trinajstić information content (AvgIpc) is 2.59. The van der Waals surface area contributed by atoms with Gasteiger partial charge in [0.25, 0.3) is 0 Å². The number of hydrogen-bond acceptors (Lipinski definition) is 2. The minimum atomic E-state index is -4.43. The van der Waals surface area contributed by atoms with Crippen molar-refractivity contribution < 1.29 is 13.2 Å². The molecule has 0 bridgehead atoms. The van der Waals surface area contributed by atoms with Crippen molar-refractivity contribution >= 4 is 23.1 Å². The lowest BCUT2D eigenvalue weighted by atomic mass is 10.1. The van der Waals surface area contributed by atoms with Gasteiger partial charge >= 0.3 is 6.18 Å². The number of rotatable bonds is 1. The Bertz CT molecular complexity index is 483. The molecule has 1 N–H and O–H groups in total. The maximum Gasteiger partial charge on any atom is 0.418 e. The molecule has 19 heavy (non-hydrogen) atoms. The predicted octanol–water partition coefficient (Wildman–Crippen LogP) is 4.74. The molecule has 0 amide bonds.